The smallest absolute Gasteiger partial charge is 0.404 e. The minimum Gasteiger partial charge on any atom is -0.404 e. The molecule has 2 saturated carbocycles. The standard InChI is InChI=1S/C16H18F3NO/c17-16(18,19)21-14-3-1-2-11-13(8-20-15(11)14)12-7-9-4-5-10(12)6-9/h1-3,9-10,12-13,20H,4-8H2. The van der Waals surface area contributed by atoms with Gasteiger partial charge in [-0.15, -0.1) is 13.2 Å². The Balaban J connectivity index is 1.62. The van der Waals surface area contributed by atoms with Crippen LogP contribution in [0.25, 0.3) is 0 Å². The number of anilines is 1. The molecule has 0 spiro atoms. The average molecular weight is 297 g/mol. The van der Waals surface area contributed by atoms with E-state index < -0.39 is 6.36 Å². The summed E-state index contributed by atoms with van der Waals surface area (Å²) in [5, 5.41) is 3.15. The Morgan fingerprint density at radius 1 is 1.14 bits per heavy atom. The predicted molar refractivity (Wildman–Crippen MR) is 73.3 cm³/mol. The first-order valence-corrected chi connectivity index (χ1v) is 7.64. The van der Waals surface area contributed by atoms with Crippen molar-refractivity contribution in [1.29, 1.82) is 0 Å². The van der Waals surface area contributed by atoms with Crippen molar-refractivity contribution < 1.29 is 17.9 Å². The van der Waals surface area contributed by atoms with Crippen molar-refractivity contribution in [3.05, 3.63) is 23.8 Å². The summed E-state index contributed by atoms with van der Waals surface area (Å²) in [5.41, 5.74) is 1.55. The van der Waals surface area contributed by atoms with Crippen molar-refractivity contribution in [3.8, 4) is 5.75 Å². The number of rotatable bonds is 2. The van der Waals surface area contributed by atoms with E-state index in [1.807, 2.05) is 6.07 Å². The number of ether oxygens (including phenoxy) is 1. The van der Waals surface area contributed by atoms with Crippen LogP contribution in [0.4, 0.5) is 18.9 Å². The van der Waals surface area contributed by atoms with Crippen molar-refractivity contribution in [2.75, 3.05) is 11.9 Å². The van der Waals surface area contributed by atoms with Crippen LogP contribution in [0.5, 0.6) is 5.75 Å². The van der Waals surface area contributed by atoms with Gasteiger partial charge in [0.15, 0.2) is 5.75 Å². The number of halogens is 3. The SMILES string of the molecule is FC(F)(F)Oc1cccc2c1NCC2C1CC2CCC1C2. The van der Waals surface area contributed by atoms with E-state index in [1.165, 1.54) is 31.7 Å². The Morgan fingerprint density at radius 3 is 2.67 bits per heavy atom. The Morgan fingerprint density at radius 2 is 2.00 bits per heavy atom. The third kappa shape index (κ3) is 2.27. The van der Waals surface area contributed by atoms with Gasteiger partial charge in [0.25, 0.3) is 0 Å². The third-order valence-electron chi connectivity index (χ3n) is 5.49. The van der Waals surface area contributed by atoms with Crippen molar-refractivity contribution in [1.82, 2.24) is 0 Å². The molecular weight excluding hydrogens is 279 g/mol. The predicted octanol–water partition coefficient (Wildman–Crippen LogP) is 4.53. The Kier molecular flexibility index (Phi) is 2.88. The van der Waals surface area contributed by atoms with Crippen LogP contribution >= 0.6 is 0 Å². The van der Waals surface area contributed by atoms with Gasteiger partial charge in [-0.25, -0.2) is 0 Å². The lowest BCUT2D eigenvalue weighted by molar-refractivity contribution is -0.274. The molecule has 114 valence electrons. The molecule has 5 heteroatoms. The zero-order valence-corrected chi connectivity index (χ0v) is 11.6. The number of nitrogens with one attached hydrogen (secondary N) is 1. The molecule has 1 N–H and O–H groups in total. The van der Waals surface area contributed by atoms with Gasteiger partial charge in [0.2, 0.25) is 0 Å². The summed E-state index contributed by atoms with van der Waals surface area (Å²) in [6.45, 7) is 0.738. The molecule has 2 bridgehead atoms. The van der Waals surface area contributed by atoms with Gasteiger partial charge in [-0.05, 0) is 48.6 Å². The summed E-state index contributed by atoms with van der Waals surface area (Å²) in [5.74, 6) is 2.48. The monoisotopic (exact) mass is 297 g/mol. The van der Waals surface area contributed by atoms with Crippen molar-refractivity contribution in [3.63, 3.8) is 0 Å². The van der Waals surface area contributed by atoms with E-state index in [0.29, 0.717) is 17.5 Å². The van der Waals surface area contributed by atoms with Gasteiger partial charge in [0, 0.05) is 12.5 Å². The third-order valence-corrected chi connectivity index (χ3v) is 5.49. The normalized spacial score (nSPS) is 33.9. The second-order valence-electron chi connectivity index (χ2n) is 6.59. The number of hydrogen-bond donors (Lipinski definition) is 1. The van der Waals surface area contributed by atoms with E-state index >= 15 is 0 Å². The highest BCUT2D eigenvalue weighted by molar-refractivity contribution is 5.67. The largest absolute Gasteiger partial charge is 0.573 e. The van der Waals surface area contributed by atoms with E-state index in [9.17, 15) is 13.2 Å². The molecular formula is C16H18F3NO. The topological polar surface area (TPSA) is 21.3 Å². The van der Waals surface area contributed by atoms with E-state index in [-0.39, 0.29) is 5.75 Å². The summed E-state index contributed by atoms with van der Waals surface area (Å²) in [6, 6.07) is 5.02. The molecule has 3 aliphatic rings. The number of alkyl halides is 3. The molecule has 0 amide bonds. The van der Waals surface area contributed by atoms with E-state index in [2.05, 4.69) is 10.1 Å². The van der Waals surface area contributed by atoms with Gasteiger partial charge in [-0.2, -0.15) is 0 Å². The zero-order chi connectivity index (χ0) is 14.6. The zero-order valence-electron chi connectivity index (χ0n) is 11.6. The van der Waals surface area contributed by atoms with Crippen LogP contribution in [-0.4, -0.2) is 12.9 Å². The van der Waals surface area contributed by atoms with Crippen LogP contribution in [0.15, 0.2) is 18.2 Å². The van der Waals surface area contributed by atoms with Crippen LogP contribution in [0, 0.1) is 17.8 Å². The summed E-state index contributed by atoms with van der Waals surface area (Å²) >= 11 is 0. The fraction of sp³-hybridized carbons (Fsp3) is 0.625. The fourth-order valence-corrected chi connectivity index (χ4v) is 4.75. The Bertz CT molecular complexity index is 557. The van der Waals surface area contributed by atoms with Crippen LogP contribution in [0.3, 0.4) is 0 Å². The molecule has 1 aromatic carbocycles. The summed E-state index contributed by atoms with van der Waals surface area (Å²) in [6.07, 6.45) is 0.544. The first-order valence-electron chi connectivity index (χ1n) is 7.64. The van der Waals surface area contributed by atoms with E-state index in [0.717, 1.165) is 23.9 Å². The maximum Gasteiger partial charge on any atom is 0.573 e. The summed E-state index contributed by atoms with van der Waals surface area (Å²) in [7, 11) is 0. The number of para-hydroxylation sites is 1. The minimum atomic E-state index is -4.64. The molecule has 0 radical (unpaired) electrons. The second kappa shape index (κ2) is 4.55. The highest BCUT2D eigenvalue weighted by Crippen LogP contribution is 2.56. The molecule has 21 heavy (non-hydrogen) atoms. The molecule has 0 aromatic heterocycles. The molecule has 2 fully saturated rings. The van der Waals surface area contributed by atoms with Gasteiger partial charge in [0.05, 0.1) is 5.69 Å². The Labute approximate surface area is 121 Å². The van der Waals surface area contributed by atoms with Crippen molar-refractivity contribution in [2.24, 2.45) is 17.8 Å². The van der Waals surface area contributed by atoms with E-state index in [1.54, 1.807) is 6.07 Å². The van der Waals surface area contributed by atoms with Crippen LogP contribution < -0.4 is 10.1 Å². The molecule has 2 aliphatic carbocycles. The van der Waals surface area contributed by atoms with Crippen LogP contribution in [-0.2, 0) is 0 Å². The van der Waals surface area contributed by atoms with Gasteiger partial charge < -0.3 is 10.1 Å². The number of hydrogen-bond acceptors (Lipinski definition) is 2. The first kappa shape index (κ1) is 13.3. The Hall–Kier alpha value is -1.39. The van der Waals surface area contributed by atoms with E-state index in [4.69, 9.17) is 0 Å². The van der Waals surface area contributed by atoms with Gasteiger partial charge >= 0.3 is 6.36 Å². The molecule has 0 saturated heterocycles. The van der Waals surface area contributed by atoms with Crippen molar-refractivity contribution in [2.45, 2.75) is 38.0 Å². The van der Waals surface area contributed by atoms with Gasteiger partial charge in [-0.3, -0.25) is 0 Å². The molecule has 1 aliphatic heterocycles. The maximum atomic E-state index is 12.5. The first-order chi connectivity index (χ1) is 10.0. The summed E-state index contributed by atoms with van der Waals surface area (Å²) in [4.78, 5) is 0. The molecule has 1 heterocycles. The molecule has 1 aromatic rings. The summed E-state index contributed by atoms with van der Waals surface area (Å²) < 4.78 is 41.6. The highest BCUT2D eigenvalue weighted by Gasteiger charge is 2.45. The fourth-order valence-electron chi connectivity index (χ4n) is 4.75. The molecule has 4 unspecified atom stereocenters. The highest BCUT2D eigenvalue weighted by atomic mass is 19.4. The van der Waals surface area contributed by atoms with Crippen LogP contribution in [0.1, 0.15) is 37.2 Å². The number of benzene rings is 1. The quantitative estimate of drug-likeness (QED) is 0.866. The lowest BCUT2D eigenvalue weighted by Crippen LogP contribution is -2.20. The minimum absolute atomic E-state index is 0.0920. The average Bonchev–Trinajstić information content (AvgIpc) is 3.11. The maximum absolute atomic E-state index is 12.5. The lowest BCUT2D eigenvalue weighted by Gasteiger charge is -2.27. The molecule has 4 atom stereocenters. The van der Waals surface area contributed by atoms with Gasteiger partial charge in [0.1, 0.15) is 0 Å². The number of fused-ring (bicyclic) bond motifs is 3. The second-order valence-corrected chi connectivity index (χ2v) is 6.59. The molecule has 2 nitrogen and oxygen atoms in total. The van der Waals surface area contributed by atoms with Crippen molar-refractivity contribution >= 4 is 5.69 Å². The lowest BCUT2D eigenvalue weighted by atomic mass is 9.77. The molecule has 4 rings (SSSR count). The van der Waals surface area contributed by atoms with Gasteiger partial charge in [-0.1, -0.05) is 18.6 Å². The van der Waals surface area contributed by atoms with Crippen LogP contribution in [0.2, 0.25) is 0 Å².